The summed E-state index contributed by atoms with van der Waals surface area (Å²) in [5.41, 5.74) is 1.63. The van der Waals surface area contributed by atoms with Gasteiger partial charge in [0.15, 0.2) is 0 Å². The lowest BCUT2D eigenvalue weighted by Gasteiger charge is -2.33. The van der Waals surface area contributed by atoms with Gasteiger partial charge >= 0.3 is 0 Å². The van der Waals surface area contributed by atoms with Crippen molar-refractivity contribution >= 4 is 62.3 Å². The highest BCUT2D eigenvalue weighted by Gasteiger charge is 2.33. The maximum atomic E-state index is 13.9. The van der Waals surface area contributed by atoms with Crippen molar-refractivity contribution < 1.29 is 18.0 Å². The topological polar surface area (TPSA) is 86.8 Å². The maximum Gasteiger partial charge on any atom is 0.244 e. The van der Waals surface area contributed by atoms with E-state index in [2.05, 4.69) is 5.32 Å². The van der Waals surface area contributed by atoms with Crippen LogP contribution in [0, 0.1) is 0 Å². The number of hydrogen-bond donors (Lipinski definition) is 1. The molecular weight excluding hydrogens is 569 g/mol. The van der Waals surface area contributed by atoms with Crippen molar-refractivity contribution in [2.75, 3.05) is 23.7 Å². The van der Waals surface area contributed by atoms with E-state index in [4.69, 9.17) is 34.8 Å². The molecule has 0 fully saturated rings. The molecule has 0 heterocycles. The summed E-state index contributed by atoms with van der Waals surface area (Å²) in [6, 6.07) is 19.6. The van der Waals surface area contributed by atoms with E-state index in [1.54, 1.807) is 31.2 Å². The van der Waals surface area contributed by atoms with Gasteiger partial charge in [0.1, 0.15) is 12.6 Å². The Hall–Kier alpha value is -2.78. The molecule has 11 heteroatoms. The summed E-state index contributed by atoms with van der Waals surface area (Å²) in [6.07, 6.45) is 1.20. The summed E-state index contributed by atoms with van der Waals surface area (Å²) in [6.45, 7) is 1.61. The molecule has 3 rings (SSSR count). The highest BCUT2D eigenvalue weighted by atomic mass is 35.5. The molecule has 2 amide bonds. The standard InChI is InChI=1S/C27H28Cl3N3O4S/c1-3-31-27(35)25(15-19-7-5-4-6-8-19)32(17-20-9-11-21(28)12-10-20)26(34)18-33(38(2,36)37)24-16-22(29)13-14-23(24)30/h4-14,16,25H,3,15,17-18H2,1-2H3,(H,31,35). The van der Waals surface area contributed by atoms with Crippen LogP contribution < -0.4 is 9.62 Å². The Balaban J connectivity index is 2.06. The fourth-order valence-corrected chi connectivity index (χ4v) is 5.32. The molecule has 0 bridgehead atoms. The van der Waals surface area contributed by atoms with Crippen molar-refractivity contribution in [2.45, 2.75) is 25.9 Å². The lowest BCUT2D eigenvalue weighted by atomic mass is 10.0. The third-order valence-corrected chi connectivity index (χ3v) is 7.68. The fraction of sp³-hybridized carbons (Fsp3) is 0.259. The Morgan fingerprint density at radius 1 is 0.895 bits per heavy atom. The van der Waals surface area contributed by atoms with E-state index in [9.17, 15) is 18.0 Å². The Bertz CT molecular complexity index is 1370. The predicted octanol–water partition coefficient (Wildman–Crippen LogP) is 5.19. The van der Waals surface area contributed by atoms with Gasteiger partial charge in [-0.3, -0.25) is 13.9 Å². The van der Waals surface area contributed by atoms with Crippen LogP contribution >= 0.6 is 34.8 Å². The number of nitrogens with one attached hydrogen (secondary N) is 1. The van der Waals surface area contributed by atoms with E-state index in [1.165, 1.54) is 23.1 Å². The lowest BCUT2D eigenvalue weighted by Crippen LogP contribution is -2.53. The van der Waals surface area contributed by atoms with Gasteiger partial charge in [-0.2, -0.15) is 0 Å². The van der Waals surface area contributed by atoms with Crippen LogP contribution in [0.5, 0.6) is 0 Å². The molecule has 3 aromatic rings. The van der Waals surface area contributed by atoms with Gasteiger partial charge in [-0.05, 0) is 48.4 Å². The Morgan fingerprint density at radius 3 is 2.13 bits per heavy atom. The summed E-state index contributed by atoms with van der Waals surface area (Å²) < 4.78 is 26.5. The van der Waals surface area contributed by atoms with Crippen molar-refractivity contribution in [1.29, 1.82) is 0 Å². The average molecular weight is 597 g/mol. The van der Waals surface area contributed by atoms with Gasteiger partial charge in [-0.25, -0.2) is 8.42 Å². The van der Waals surface area contributed by atoms with Crippen LogP contribution in [-0.2, 0) is 32.6 Å². The fourth-order valence-electron chi connectivity index (χ4n) is 3.90. The van der Waals surface area contributed by atoms with Crippen molar-refractivity contribution in [3.8, 4) is 0 Å². The molecule has 0 aliphatic heterocycles. The monoisotopic (exact) mass is 595 g/mol. The molecule has 0 spiro atoms. The molecule has 1 N–H and O–H groups in total. The second kappa shape index (κ2) is 13.3. The van der Waals surface area contributed by atoms with Crippen LogP contribution in [0.25, 0.3) is 0 Å². The van der Waals surface area contributed by atoms with Crippen LogP contribution in [0.2, 0.25) is 15.1 Å². The maximum absolute atomic E-state index is 13.9. The van der Waals surface area contributed by atoms with Crippen molar-refractivity contribution in [2.24, 2.45) is 0 Å². The second-order valence-corrected chi connectivity index (χ2v) is 11.8. The number of carbonyl (C=O) groups is 2. The normalized spacial score (nSPS) is 12.0. The van der Waals surface area contributed by atoms with E-state index in [-0.39, 0.29) is 34.6 Å². The summed E-state index contributed by atoms with van der Waals surface area (Å²) in [5.74, 6) is -0.945. The molecule has 0 radical (unpaired) electrons. The number of halogens is 3. The number of rotatable bonds is 11. The average Bonchev–Trinajstić information content (AvgIpc) is 2.87. The first-order chi connectivity index (χ1) is 18.0. The molecule has 0 saturated carbocycles. The van der Waals surface area contributed by atoms with E-state index >= 15 is 0 Å². The highest BCUT2D eigenvalue weighted by Crippen LogP contribution is 2.31. The first-order valence-corrected chi connectivity index (χ1v) is 14.8. The zero-order chi connectivity index (χ0) is 27.9. The number of sulfonamides is 1. The molecular formula is C27H28Cl3N3O4S. The molecule has 1 unspecified atom stereocenters. The van der Waals surface area contributed by atoms with Gasteiger partial charge in [0.2, 0.25) is 21.8 Å². The molecule has 0 saturated heterocycles. The number of nitrogens with zero attached hydrogens (tertiary/aromatic N) is 2. The molecule has 3 aromatic carbocycles. The van der Waals surface area contributed by atoms with E-state index in [0.29, 0.717) is 11.6 Å². The summed E-state index contributed by atoms with van der Waals surface area (Å²) in [5, 5.41) is 3.70. The van der Waals surface area contributed by atoms with Crippen LogP contribution in [0.1, 0.15) is 18.1 Å². The molecule has 0 aliphatic rings. The summed E-state index contributed by atoms with van der Waals surface area (Å²) in [4.78, 5) is 28.6. The molecule has 7 nitrogen and oxygen atoms in total. The van der Waals surface area contributed by atoms with Gasteiger partial charge in [-0.1, -0.05) is 77.3 Å². The zero-order valence-corrected chi connectivity index (χ0v) is 24.0. The number of hydrogen-bond acceptors (Lipinski definition) is 4. The summed E-state index contributed by atoms with van der Waals surface area (Å²) >= 11 is 18.5. The first kappa shape index (κ1) is 29.8. The van der Waals surface area contributed by atoms with Crippen LogP contribution in [0.3, 0.4) is 0 Å². The SMILES string of the molecule is CCNC(=O)C(Cc1ccccc1)N(Cc1ccc(Cl)cc1)C(=O)CN(c1cc(Cl)ccc1Cl)S(C)(=O)=O. The predicted molar refractivity (Wildman–Crippen MR) is 153 cm³/mol. The largest absolute Gasteiger partial charge is 0.355 e. The van der Waals surface area contributed by atoms with Gasteiger partial charge in [0.25, 0.3) is 0 Å². The third kappa shape index (κ3) is 8.11. The minimum atomic E-state index is -3.95. The van der Waals surface area contributed by atoms with Gasteiger partial charge < -0.3 is 10.2 Å². The summed E-state index contributed by atoms with van der Waals surface area (Å²) in [7, 11) is -3.95. The Morgan fingerprint density at radius 2 is 1.53 bits per heavy atom. The quantitative estimate of drug-likeness (QED) is 0.330. The Kier molecular flexibility index (Phi) is 10.4. The third-order valence-electron chi connectivity index (χ3n) is 5.74. The molecule has 1 atom stereocenters. The lowest BCUT2D eigenvalue weighted by molar-refractivity contribution is -0.140. The number of carbonyl (C=O) groups excluding carboxylic acids is 2. The van der Waals surface area contributed by atoms with Crippen LogP contribution in [0.4, 0.5) is 5.69 Å². The van der Waals surface area contributed by atoms with Gasteiger partial charge in [0, 0.05) is 29.6 Å². The van der Waals surface area contributed by atoms with Gasteiger partial charge in [0.05, 0.1) is 17.0 Å². The van der Waals surface area contributed by atoms with Crippen LogP contribution in [0.15, 0.2) is 72.8 Å². The van der Waals surface area contributed by atoms with Crippen molar-refractivity contribution in [3.05, 3.63) is 99.0 Å². The number of likely N-dealkylation sites (N-methyl/N-ethyl adjacent to an activating group) is 1. The van der Waals surface area contributed by atoms with Gasteiger partial charge in [-0.15, -0.1) is 0 Å². The van der Waals surface area contributed by atoms with E-state index < -0.39 is 28.5 Å². The Labute approximate surface area is 238 Å². The number of anilines is 1. The second-order valence-electron chi connectivity index (χ2n) is 8.61. The molecule has 202 valence electrons. The highest BCUT2D eigenvalue weighted by molar-refractivity contribution is 7.92. The van der Waals surface area contributed by atoms with Crippen molar-refractivity contribution in [1.82, 2.24) is 10.2 Å². The molecule has 38 heavy (non-hydrogen) atoms. The van der Waals surface area contributed by atoms with E-state index in [0.717, 1.165) is 21.7 Å². The zero-order valence-electron chi connectivity index (χ0n) is 20.9. The molecule has 0 aliphatic carbocycles. The van der Waals surface area contributed by atoms with Crippen molar-refractivity contribution in [3.63, 3.8) is 0 Å². The van der Waals surface area contributed by atoms with Crippen LogP contribution in [-0.4, -0.2) is 50.5 Å². The first-order valence-electron chi connectivity index (χ1n) is 11.8. The minimum Gasteiger partial charge on any atom is -0.355 e. The molecule has 0 aromatic heterocycles. The number of benzene rings is 3. The smallest absolute Gasteiger partial charge is 0.244 e. The van der Waals surface area contributed by atoms with E-state index in [1.807, 2.05) is 30.3 Å². The number of amides is 2. The minimum absolute atomic E-state index is 0.0471.